The molecule has 1 fully saturated rings. The first-order chi connectivity index (χ1) is 12.6. The van der Waals surface area contributed by atoms with Crippen molar-refractivity contribution in [3.63, 3.8) is 0 Å². The molecular formula is C20H27N5O. The molecule has 0 spiro atoms. The Morgan fingerprint density at radius 1 is 1.08 bits per heavy atom. The van der Waals surface area contributed by atoms with Crippen LogP contribution in [0.1, 0.15) is 29.8 Å². The van der Waals surface area contributed by atoms with Crippen molar-refractivity contribution in [1.82, 2.24) is 14.9 Å². The van der Waals surface area contributed by atoms with Gasteiger partial charge in [0.25, 0.3) is 5.91 Å². The van der Waals surface area contributed by atoms with Crippen LogP contribution in [0.25, 0.3) is 0 Å². The Labute approximate surface area is 155 Å². The van der Waals surface area contributed by atoms with Gasteiger partial charge in [-0.05, 0) is 38.5 Å². The second-order valence-corrected chi connectivity index (χ2v) is 6.56. The number of carbonyl (C=O) groups excluding carboxylic acids is 1. The average Bonchev–Trinajstić information content (AvgIpc) is 2.69. The molecule has 138 valence electrons. The summed E-state index contributed by atoms with van der Waals surface area (Å²) in [5.41, 5.74) is 3.04. The van der Waals surface area contributed by atoms with Gasteiger partial charge in [0.05, 0.1) is 5.56 Å². The normalized spacial score (nSPS) is 14.4. The highest BCUT2D eigenvalue weighted by atomic mass is 16.2. The van der Waals surface area contributed by atoms with Crippen LogP contribution < -0.4 is 9.80 Å². The molecule has 26 heavy (non-hydrogen) atoms. The number of aromatic nitrogens is 2. The predicted octanol–water partition coefficient (Wildman–Crippen LogP) is 2.59. The summed E-state index contributed by atoms with van der Waals surface area (Å²) in [6.45, 7) is 11.1. The molecule has 0 aliphatic carbocycles. The number of nitrogens with zero attached hydrogens (tertiary/aromatic N) is 5. The molecule has 3 rings (SSSR count). The minimum Gasteiger partial charge on any atom is -0.368 e. The molecule has 1 saturated heterocycles. The lowest BCUT2D eigenvalue weighted by Crippen LogP contribution is -2.48. The highest BCUT2D eigenvalue weighted by Crippen LogP contribution is 2.18. The van der Waals surface area contributed by atoms with Crippen molar-refractivity contribution in [2.45, 2.75) is 20.8 Å². The maximum Gasteiger partial charge on any atom is 0.257 e. The summed E-state index contributed by atoms with van der Waals surface area (Å²) in [5, 5.41) is 0. The maximum atomic E-state index is 12.7. The molecule has 1 aromatic heterocycles. The Morgan fingerprint density at radius 2 is 1.73 bits per heavy atom. The van der Waals surface area contributed by atoms with Crippen molar-refractivity contribution < 1.29 is 4.79 Å². The SMILES string of the molecule is CCN(CC)c1ncc(C(=O)N2CCN(c3cccc(C)c3)CC2)cn1. The van der Waals surface area contributed by atoms with Crippen molar-refractivity contribution in [2.24, 2.45) is 0 Å². The second-order valence-electron chi connectivity index (χ2n) is 6.56. The number of piperazine rings is 1. The zero-order chi connectivity index (χ0) is 18.5. The summed E-state index contributed by atoms with van der Waals surface area (Å²) in [7, 11) is 0. The number of benzene rings is 1. The van der Waals surface area contributed by atoms with Gasteiger partial charge in [0.15, 0.2) is 0 Å². The van der Waals surface area contributed by atoms with E-state index < -0.39 is 0 Å². The molecule has 6 nitrogen and oxygen atoms in total. The molecule has 0 unspecified atom stereocenters. The molecule has 1 aliphatic heterocycles. The van der Waals surface area contributed by atoms with E-state index in [4.69, 9.17) is 0 Å². The molecule has 0 atom stereocenters. The molecule has 1 aromatic carbocycles. The van der Waals surface area contributed by atoms with Gasteiger partial charge in [-0.25, -0.2) is 9.97 Å². The van der Waals surface area contributed by atoms with Crippen LogP contribution in [0.4, 0.5) is 11.6 Å². The summed E-state index contributed by atoms with van der Waals surface area (Å²) < 4.78 is 0. The van der Waals surface area contributed by atoms with E-state index in [1.807, 2.05) is 4.90 Å². The van der Waals surface area contributed by atoms with Crippen LogP contribution in [-0.2, 0) is 0 Å². The number of rotatable bonds is 5. The molecule has 0 saturated carbocycles. The Morgan fingerprint density at radius 3 is 2.31 bits per heavy atom. The van der Waals surface area contributed by atoms with Crippen LogP contribution >= 0.6 is 0 Å². The minimum atomic E-state index is 0.0139. The van der Waals surface area contributed by atoms with Crippen molar-refractivity contribution in [3.05, 3.63) is 47.8 Å². The fraction of sp³-hybridized carbons (Fsp3) is 0.450. The summed E-state index contributed by atoms with van der Waals surface area (Å²) in [6.07, 6.45) is 3.30. The van der Waals surface area contributed by atoms with Crippen molar-refractivity contribution in [2.75, 3.05) is 49.1 Å². The third kappa shape index (κ3) is 3.95. The maximum absolute atomic E-state index is 12.7. The quantitative estimate of drug-likeness (QED) is 0.827. The van der Waals surface area contributed by atoms with Gasteiger partial charge in [-0.2, -0.15) is 0 Å². The van der Waals surface area contributed by atoms with Gasteiger partial charge in [0.2, 0.25) is 5.95 Å². The Hall–Kier alpha value is -2.63. The molecule has 0 N–H and O–H groups in total. The van der Waals surface area contributed by atoms with Gasteiger partial charge >= 0.3 is 0 Å². The number of hydrogen-bond acceptors (Lipinski definition) is 5. The summed E-state index contributed by atoms with van der Waals surface area (Å²) in [6, 6.07) is 8.50. The van der Waals surface area contributed by atoms with E-state index in [9.17, 15) is 4.79 Å². The first kappa shape index (κ1) is 18.2. The fourth-order valence-electron chi connectivity index (χ4n) is 3.28. The van der Waals surface area contributed by atoms with Crippen LogP contribution in [-0.4, -0.2) is 60.0 Å². The molecule has 2 heterocycles. The van der Waals surface area contributed by atoms with Crippen molar-refractivity contribution >= 4 is 17.5 Å². The van der Waals surface area contributed by atoms with Crippen LogP contribution in [0, 0.1) is 6.92 Å². The standard InChI is InChI=1S/C20H27N5O/c1-4-23(5-2)20-21-14-17(15-22-20)19(26)25-11-9-24(10-12-25)18-8-6-7-16(3)13-18/h6-8,13-15H,4-5,9-12H2,1-3H3. The lowest BCUT2D eigenvalue weighted by Gasteiger charge is -2.36. The fourth-order valence-corrected chi connectivity index (χ4v) is 3.28. The molecule has 0 bridgehead atoms. The average molecular weight is 353 g/mol. The van der Waals surface area contributed by atoms with Crippen LogP contribution in [0.3, 0.4) is 0 Å². The number of anilines is 2. The summed E-state index contributed by atoms with van der Waals surface area (Å²) in [5.74, 6) is 0.691. The molecule has 1 amide bonds. The zero-order valence-corrected chi connectivity index (χ0v) is 15.9. The Kier molecular flexibility index (Phi) is 5.71. The topological polar surface area (TPSA) is 52.6 Å². The van der Waals surface area contributed by atoms with E-state index in [1.165, 1.54) is 11.3 Å². The third-order valence-electron chi connectivity index (χ3n) is 4.87. The molecule has 0 radical (unpaired) electrons. The summed E-state index contributed by atoms with van der Waals surface area (Å²) in [4.78, 5) is 27.7. The van der Waals surface area contributed by atoms with E-state index >= 15 is 0 Å². The van der Waals surface area contributed by atoms with Gasteiger partial charge in [-0.3, -0.25) is 4.79 Å². The predicted molar refractivity (Wildman–Crippen MR) is 105 cm³/mol. The first-order valence-corrected chi connectivity index (χ1v) is 9.30. The molecule has 2 aromatic rings. The largest absolute Gasteiger partial charge is 0.368 e. The molecule has 6 heteroatoms. The van der Waals surface area contributed by atoms with Gasteiger partial charge < -0.3 is 14.7 Å². The van der Waals surface area contributed by atoms with Gasteiger partial charge in [-0.15, -0.1) is 0 Å². The number of carbonyl (C=O) groups is 1. The number of aryl methyl sites for hydroxylation is 1. The van der Waals surface area contributed by atoms with Gasteiger partial charge in [-0.1, -0.05) is 12.1 Å². The molecular weight excluding hydrogens is 326 g/mol. The third-order valence-corrected chi connectivity index (χ3v) is 4.87. The first-order valence-electron chi connectivity index (χ1n) is 9.30. The van der Waals surface area contributed by atoms with E-state index in [1.54, 1.807) is 12.4 Å². The molecule has 1 aliphatic rings. The van der Waals surface area contributed by atoms with Crippen LogP contribution in [0.15, 0.2) is 36.7 Å². The smallest absolute Gasteiger partial charge is 0.257 e. The second kappa shape index (κ2) is 8.17. The van der Waals surface area contributed by atoms with Crippen LogP contribution in [0.2, 0.25) is 0 Å². The monoisotopic (exact) mass is 353 g/mol. The van der Waals surface area contributed by atoms with E-state index in [0.717, 1.165) is 26.2 Å². The number of amides is 1. The zero-order valence-electron chi connectivity index (χ0n) is 15.9. The lowest BCUT2D eigenvalue weighted by atomic mass is 10.2. The lowest BCUT2D eigenvalue weighted by molar-refractivity contribution is 0.0746. The van der Waals surface area contributed by atoms with E-state index in [2.05, 4.69) is 64.8 Å². The van der Waals surface area contributed by atoms with E-state index in [0.29, 0.717) is 24.6 Å². The van der Waals surface area contributed by atoms with Crippen molar-refractivity contribution in [1.29, 1.82) is 0 Å². The summed E-state index contributed by atoms with van der Waals surface area (Å²) >= 11 is 0. The highest BCUT2D eigenvalue weighted by Gasteiger charge is 2.23. The minimum absolute atomic E-state index is 0.0139. The number of hydrogen-bond donors (Lipinski definition) is 0. The Bertz CT molecular complexity index is 734. The van der Waals surface area contributed by atoms with Crippen molar-refractivity contribution in [3.8, 4) is 0 Å². The van der Waals surface area contributed by atoms with Crippen LogP contribution in [0.5, 0.6) is 0 Å². The van der Waals surface area contributed by atoms with Gasteiger partial charge in [0.1, 0.15) is 0 Å². The van der Waals surface area contributed by atoms with Gasteiger partial charge in [0, 0.05) is 57.3 Å². The van der Waals surface area contributed by atoms with E-state index in [-0.39, 0.29) is 5.91 Å². The highest BCUT2D eigenvalue weighted by molar-refractivity contribution is 5.93. The Balaban J connectivity index is 1.61.